The second kappa shape index (κ2) is 6.53. The number of rotatable bonds is 4. The summed E-state index contributed by atoms with van der Waals surface area (Å²) in [5.74, 6) is -0.827. The van der Waals surface area contributed by atoms with Crippen LogP contribution in [-0.4, -0.2) is 16.8 Å². The Morgan fingerprint density at radius 2 is 1.91 bits per heavy atom. The van der Waals surface area contributed by atoms with Crippen molar-refractivity contribution in [3.63, 3.8) is 0 Å². The molecule has 1 aromatic carbocycles. The second-order valence-electron chi connectivity index (χ2n) is 4.71. The molecule has 0 spiro atoms. The Labute approximate surface area is 126 Å². The van der Waals surface area contributed by atoms with Crippen molar-refractivity contribution < 1.29 is 9.59 Å². The molecule has 0 atom stereocenters. The van der Waals surface area contributed by atoms with Gasteiger partial charge in [-0.25, -0.2) is 0 Å². The van der Waals surface area contributed by atoms with Crippen LogP contribution in [0.3, 0.4) is 0 Å². The molecule has 1 aromatic heterocycles. The predicted molar refractivity (Wildman–Crippen MR) is 84.4 cm³/mol. The fraction of sp³-hybridized carbons (Fsp3) is 0.0625. The lowest BCUT2D eigenvalue weighted by atomic mass is 10.1. The lowest BCUT2D eigenvalue weighted by molar-refractivity contribution is -0.111. The van der Waals surface area contributed by atoms with Crippen molar-refractivity contribution in [1.82, 2.24) is 4.98 Å². The van der Waals surface area contributed by atoms with Gasteiger partial charge in [-0.05, 0) is 36.8 Å². The third kappa shape index (κ3) is 3.92. The van der Waals surface area contributed by atoms with Crippen LogP contribution in [0.15, 0.2) is 47.4 Å². The van der Waals surface area contributed by atoms with Crippen LogP contribution in [0.25, 0.3) is 6.08 Å². The van der Waals surface area contributed by atoms with E-state index in [-0.39, 0.29) is 11.5 Å². The van der Waals surface area contributed by atoms with Crippen LogP contribution >= 0.6 is 0 Å². The summed E-state index contributed by atoms with van der Waals surface area (Å²) in [5, 5.41) is 2.64. The quantitative estimate of drug-likeness (QED) is 0.743. The second-order valence-corrected chi connectivity index (χ2v) is 4.71. The molecule has 112 valence electrons. The first-order valence-electron chi connectivity index (χ1n) is 6.54. The maximum absolute atomic E-state index is 11.8. The topological polar surface area (TPSA) is 105 Å². The number of amides is 2. The van der Waals surface area contributed by atoms with E-state index in [4.69, 9.17) is 5.73 Å². The largest absolute Gasteiger partial charge is 0.366 e. The molecule has 0 saturated carbocycles. The molecule has 0 saturated heterocycles. The molecule has 0 aliphatic heterocycles. The summed E-state index contributed by atoms with van der Waals surface area (Å²) in [6.45, 7) is 1.66. The van der Waals surface area contributed by atoms with Crippen molar-refractivity contribution in [2.75, 3.05) is 5.32 Å². The zero-order valence-corrected chi connectivity index (χ0v) is 11.9. The molecule has 2 amide bonds. The SMILES string of the molecule is Cc1cc(NC(=O)C=Cc2ccc(C(N)=O)cc2)c[nH]c1=O. The van der Waals surface area contributed by atoms with Crippen LogP contribution < -0.4 is 16.6 Å². The van der Waals surface area contributed by atoms with E-state index in [2.05, 4.69) is 10.3 Å². The zero-order valence-electron chi connectivity index (χ0n) is 11.9. The lowest BCUT2D eigenvalue weighted by Gasteiger charge is -2.02. The smallest absolute Gasteiger partial charge is 0.250 e. The van der Waals surface area contributed by atoms with Crippen LogP contribution in [0.2, 0.25) is 0 Å². The number of carbonyl (C=O) groups is 2. The molecule has 6 nitrogen and oxygen atoms in total. The molecule has 22 heavy (non-hydrogen) atoms. The van der Waals surface area contributed by atoms with Crippen molar-refractivity contribution in [3.8, 4) is 0 Å². The Hall–Kier alpha value is -3.15. The number of primary amides is 1. The number of hydrogen-bond acceptors (Lipinski definition) is 3. The molecular formula is C16H15N3O3. The number of anilines is 1. The van der Waals surface area contributed by atoms with Crippen LogP contribution in [0.1, 0.15) is 21.5 Å². The number of benzene rings is 1. The van der Waals surface area contributed by atoms with Gasteiger partial charge in [0.25, 0.3) is 5.56 Å². The number of nitrogens with one attached hydrogen (secondary N) is 2. The first-order valence-corrected chi connectivity index (χ1v) is 6.54. The maximum Gasteiger partial charge on any atom is 0.250 e. The molecule has 4 N–H and O–H groups in total. The predicted octanol–water partition coefficient (Wildman–Crippen LogP) is 1.43. The van der Waals surface area contributed by atoms with E-state index in [1.54, 1.807) is 43.3 Å². The molecule has 6 heteroatoms. The van der Waals surface area contributed by atoms with Gasteiger partial charge in [-0.15, -0.1) is 0 Å². The third-order valence-corrected chi connectivity index (χ3v) is 2.98. The Kier molecular flexibility index (Phi) is 4.53. The van der Waals surface area contributed by atoms with E-state index in [0.717, 1.165) is 5.56 Å². The number of nitrogens with two attached hydrogens (primary N) is 1. The van der Waals surface area contributed by atoms with Crippen molar-refractivity contribution in [2.45, 2.75) is 6.92 Å². The highest BCUT2D eigenvalue weighted by atomic mass is 16.2. The number of aromatic nitrogens is 1. The van der Waals surface area contributed by atoms with Crippen LogP contribution in [0.4, 0.5) is 5.69 Å². The highest BCUT2D eigenvalue weighted by molar-refractivity contribution is 6.02. The molecule has 0 unspecified atom stereocenters. The van der Waals surface area contributed by atoms with Gasteiger partial charge in [-0.3, -0.25) is 14.4 Å². The van der Waals surface area contributed by atoms with E-state index < -0.39 is 5.91 Å². The van der Waals surface area contributed by atoms with E-state index in [1.807, 2.05) is 0 Å². The summed E-state index contributed by atoms with van der Waals surface area (Å²) < 4.78 is 0. The summed E-state index contributed by atoms with van der Waals surface area (Å²) in [4.78, 5) is 36.5. The number of hydrogen-bond donors (Lipinski definition) is 3. The number of aryl methyl sites for hydroxylation is 1. The summed E-state index contributed by atoms with van der Waals surface area (Å²) in [7, 11) is 0. The van der Waals surface area contributed by atoms with Crippen LogP contribution in [0, 0.1) is 6.92 Å². The summed E-state index contributed by atoms with van der Waals surface area (Å²) >= 11 is 0. The van der Waals surface area contributed by atoms with Gasteiger partial charge in [-0.2, -0.15) is 0 Å². The first-order chi connectivity index (χ1) is 10.5. The molecule has 0 bridgehead atoms. The Morgan fingerprint density at radius 1 is 1.23 bits per heavy atom. The minimum absolute atomic E-state index is 0.192. The first kappa shape index (κ1) is 15.2. The Bertz CT molecular complexity index is 789. The molecule has 2 aromatic rings. The molecule has 0 radical (unpaired) electrons. The van der Waals surface area contributed by atoms with Gasteiger partial charge in [-0.1, -0.05) is 12.1 Å². The molecule has 2 rings (SSSR count). The van der Waals surface area contributed by atoms with Crippen LogP contribution in [0.5, 0.6) is 0 Å². The zero-order chi connectivity index (χ0) is 16.1. The van der Waals surface area contributed by atoms with E-state index in [0.29, 0.717) is 16.8 Å². The van der Waals surface area contributed by atoms with Gasteiger partial charge in [0.15, 0.2) is 0 Å². The Balaban J connectivity index is 2.03. The molecule has 0 aliphatic rings. The standard InChI is InChI=1S/C16H15N3O3/c1-10-8-13(9-18-16(10)22)19-14(20)7-4-11-2-5-12(6-3-11)15(17)21/h2-9H,1H3,(H2,17,21)(H,18,22)(H,19,20). The average molecular weight is 297 g/mol. The van der Waals surface area contributed by atoms with Crippen molar-refractivity contribution in [1.29, 1.82) is 0 Å². The summed E-state index contributed by atoms with van der Waals surface area (Å²) in [6, 6.07) is 8.14. The lowest BCUT2D eigenvalue weighted by Crippen LogP contribution is -2.13. The van der Waals surface area contributed by atoms with E-state index in [9.17, 15) is 14.4 Å². The van der Waals surface area contributed by atoms with Gasteiger partial charge < -0.3 is 16.0 Å². The summed E-state index contributed by atoms with van der Waals surface area (Å²) in [6.07, 6.45) is 4.40. The van der Waals surface area contributed by atoms with Crippen molar-refractivity contribution in [3.05, 3.63) is 69.6 Å². The molecule has 0 aliphatic carbocycles. The third-order valence-electron chi connectivity index (χ3n) is 2.98. The highest BCUT2D eigenvalue weighted by Gasteiger charge is 2.01. The summed E-state index contributed by atoms with van der Waals surface area (Å²) in [5.41, 5.74) is 7.15. The van der Waals surface area contributed by atoms with E-state index >= 15 is 0 Å². The number of carbonyl (C=O) groups excluding carboxylic acids is 2. The van der Waals surface area contributed by atoms with Gasteiger partial charge in [0, 0.05) is 23.4 Å². The minimum Gasteiger partial charge on any atom is -0.366 e. The molecule has 0 fully saturated rings. The van der Waals surface area contributed by atoms with Crippen LogP contribution in [-0.2, 0) is 4.79 Å². The van der Waals surface area contributed by atoms with E-state index in [1.165, 1.54) is 12.3 Å². The fourth-order valence-corrected chi connectivity index (χ4v) is 1.78. The van der Waals surface area contributed by atoms with Gasteiger partial charge in [0.2, 0.25) is 11.8 Å². The number of pyridine rings is 1. The fourth-order valence-electron chi connectivity index (χ4n) is 1.78. The number of H-pyrrole nitrogens is 1. The van der Waals surface area contributed by atoms with Crippen molar-refractivity contribution >= 4 is 23.6 Å². The average Bonchev–Trinajstić information content (AvgIpc) is 2.49. The molecular weight excluding hydrogens is 282 g/mol. The van der Waals surface area contributed by atoms with Gasteiger partial charge >= 0.3 is 0 Å². The highest BCUT2D eigenvalue weighted by Crippen LogP contribution is 2.07. The Morgan fingerprint density at radius 3 is 2.50 bits per heavy atom. The van der Waals surface area contributed by atoms with Gasteiger partial charge in [0.05, 0.1) is 5.69 Å². The monoisotopic (exact) mass is 297 g/mol. The normalized spacial score (nSPS) is 10.6. The molecule has 1 heterocycles. The van der Waals surface area contributed by atoms with Gasteiger partial charge in [0.1, 0.15) is 0 Å². The van der Waals surface area contributed by atoms with Crippen molar-refractivity contribution in [2.24, 2.45) is 5.73 Å². The minimum atomic E-state index is -0.498. The number of aromatic amines is 1. The maximum atomic E-state index is 11.8.